The van der Waals surface area contributed by atoms with E-state index in [2.05, 4.69) is 10.3 Å². The Bertz CT molecular complexity index is 478. The van der Waals surface area contributed by atoms with Crippen molar-refractivity contribution in [1.29, 1.82) is 0 Å². The average molecular weight is 243 g/mol. The first-order valence-electron chi connectivity index (χ1n) is 5.51. The summed E-state index contributed by atoms with van der Waals surface area (Å²) in [6.45, 7) is 4.70. The molecule has 0 aliphatic carbocycles. The normalized spacial score (nSPS) is 23.5. The quantitative estimate of drug-likeness (QED) is 0.859. The molecule has 0 amide bonds. The van der Waals surface area contributed by atoms with Crippen molar-refractivity contribution in [2.24, 2.45) is 0 Å². The Hall–Kier alpha value is -1.04. The van der Waals surface area contributed by atoms with E-state index >= 15 is 0 Å². The van der Waals surface area contributed by atoms with Crippen LogP contribution in [0, 0.1) is 6.92 Å². The summed E-state index contributed by atoms with van der Waals surface area (Å²) in [5, 5.41) is 3.16. The molecule has 1 aliphatic rings. The molecule has 0 radical (unpaired) electrons. The molecule has 1 fully saturated rings. The van der Waals surface area contributed by atoms with E-state index in [1.807, 2.05) is 24.6 Å². The predicted molar refractivity (Wildman–Crippen MR) is 63.4 cm³/mol. The molecular weight excluding hydrogens is 226 g/mol. The van der Waals surface area contributed by atoms with E-state index < -0.39 is 9.84 Å². The zero-order valence-corrected chi connectivity index (χ0v) is 10.4. The van der Waals surface area contributed by atoms with Gasteiger partial charge in [-0.15, -0.1) is 0 Å². The Labute approximate surface area is 95.8 Å². The smallest absolute Gasteiger partial charge is 0.203 e. The first kappa shape index (κ1) is 11.4. The number of sulfone groups is 1. The van der Waals surface area contributed by atoms with Crippen LogP contribution in [0.5, 0.6) is 0 Å². The lowest BCUT2D eigenvalue weighted by atomic mass is 10.2. The lowest BCUT2D eigenvalue weighted by molar-refractivity contribution is 0.559. The molecule has 1 aliphatic heterocycles. The molecule has 5 nitrogen and oxygen atoms in total. The zero-order chi connectivity index (χ0) is 11.8. The molecule has 1 aromatic rings. The van der Waals surface area contributed by atoms with Crippen LogP contribution in [0.4, 0.5) is 5.95 Å². The molecule has 2 rings (SSSR count). The van der Waals surface area contributed by atoms with Gasteiger partial charge in [0.2, 0.25) is 5.95 Å². The maximum atomic E-state index is 11.4. The lowest BCUT2D eigenvalue weighted by Crippen LogP contribution is -2.14. The van der Waals surface area contributed by atoms with E-state index in [0.29, 0.717) is 12.2 Å². The summed E-state index contributed by atoms with van der Waals surface area (Å²) in [6, 6.07) is 0.0419. The maximum absolute atomic E-state index is 11.4. The van der Waals surface area contributed by atoms with E-state index in [9.17, 15) is 8.42 Å². The monoisotopic (exact) mass is 243 g/mol. The van der Waals surface area contributed by atoms with Gasteiger partial charge in [-0.2, -0.15) is 0 Å². The van der Waals surface area contributed by atoms with Crippen molar-refractivity contribution >= 4 is 15.8 Å². The molecule has 0 saturated carbocycles. The lowest BCUT2D eigenvalue weighted by Gasteiger charge is -2.13. The summed E-state index contributed by atoms with van der Waals surface area (Å²) in [4.78, 5) is 4.35. The van der Waals surface area contributed by atoms with Gasteiger partial charge in [0.05, 0.1) is 23.2 Å². The third kappa shape index (κ3) is 2.21. The minimum absolute atomic E-state index is 0.0419. The fourth-order valence-corrected chi connectivity index (χ4v) is 3.79. The van der Waals surface area contributed by atoms with Crippen LogP contribution in [-0.2, 0) is 9.84 Å². The minimum atomic E-state index is -2.84. The van der Waals surface area contributed by atoms with Crippen LogP contribution in [0.2, 0.25) is 0 Å². The Balaban J connectivity index is 2.27. The second-order valence-electron chi connectivity index (χ2n) is 4.20. The van der Waals surface area contributed by atoms with Gasteiger partial charge in [-0.25, -0.2) is 13.4 Å². The van der Waals surface area contributed by atoms with Crippen molar-refractivity contribution in [3.63, 3.8) is 0 Å². The molecule has 1 aromatic heterocycles. The molecule has 0 bridgehead atoms. The molecule has 1 atom stereocenters. The number of hydrogen-bond acceptors (Lipinski definition) is 4. The highest BCUT2D eigenvalue weighted by Crippen LogP contribution is 2.27. The van der Waals surface area contributed by atoms with Gasteiger partial charge < -0.3 is 9.88 Å². The van der Waals surface area contributed by atoms with E-state index in [1.54, 1.807) is 0 Å². The van der Waals surface area contributed by atoms with Crippen molar-refractivity contribution in [1.82, 2.24) is 9.55 Å². The highest BCUT2D eigenvalue weighted by atomic mass is 32.2. The number of anilines is 1. The summed E-state index contributed by atoms with van der Waals surface area (Å²) in [7, 11) is -2.84. The molecule has 6 heteroatoms. The largest absolute Gasteiger partial charge is 0.356 e. The Morgan fingerprint density at radius 1 is 1.62 bits per heavy atom. The fourth-order valence-electron chi connectivity index (χ4n) is 2.08. The summed E-state index contributed by atoms with van der Waals surface area (Å²) < 4.78 is 24.8. The van der Waals surface area contributed by atoms with E-state index in [4.69, 9.17) is 0 Å². The van der Waals surface area contributed by atoms with Crippen LogP contribution < -0.4 is 5.32 Å². The second kappa shape index (κ2) is 4.08. The standard InChI is InChI=1S/C10H17N3O2S/c1-3-11-10-12-8(2)6-13(10)9-4-5-16(14,15)7-9/h6,9H,3-5,7H2,1-2H3,(H,11,12). The van der Waals surface area contributed by atoms with Crippen LogP contribution in [0.1, 0.15) is 25.1 Å². The van der Waals surface area contributed by atoms with Gasteiger partial charge >= 0.3 is 0 Å². The van der Waals surface area contributed by atoms with Gasteiger partial charge in [-0.3, -0.25) is 0 Å². The zero-order valence-electron chi connectivity index (χ0n) is 9.60. The summed E-state index contributed by atoms with van der Waals surface area (Å²) in [5.41, 5.74) is 0.917. The van der Waals surface area contributed by atoms with Crippen molar-refractivity contribution in [2.45, 2.75) is 26.3 Å². The minimum Gasteiger partial charge on any atom is -0.356 e. The molecule has 1 saturated heterocycles. The molecule has 2 heterocycles. The molecule has 0 aromatic carbocycles. The average Bonchev–Trinajstić information content (AvgIpc) is 2.70. The Morgan fingerprint density at radius 2 is 2.38 bits per heavy atom. The third-order valence-corrected chi connectivity index (χ3v) is 4.54. The van der Waals surface area contributed by atoms with Gasteiger partial charge in [0.15, 0.2) is 9.84 Å². The Kier molecular flexibility index (Phi) is 2.92. The van der Waals surface area contributed by atoms with Crippen molar-refractivity contribution in [3.05, 3.63) is 11.9 Å². The van der Waals surface area contributed by atoms with Gasteiger partial charge in [-0.1, -0.05) is 0 Å². The number of nitrogens with zero attached hydrogens (tertiary/aromatic N) is 2. The van der Waals surface area contributed by atoms with Gasteiger partial charge in [-0.05, 0) is 20.3 Å². The molecule has 1 unspecified atom stereocenters. The number of nitrogens with one attached hydrogen (secondary N) is 1. The van der Waals surface area contributed by atoms with Gasteiger partial charge in [0, 0.05) is 12.7 Å². The fraction of sp³-hybridized carbons (Fsp3) is 0.700. The third-order valence-electron chi connectivity index (χ3n) is 2.79. The first-order valence-corrected chi connectivity index (χ1v) is 7.34. The SMILES string of the molecule is CCNc1nc(C)cn1C1CCS(=O)(=O)C1. The van der Waals surface area contributed by atoms with Crippen molar-refractivity contribution < 1.29 is 8.42 Å². The molecule has 90 valence electrons. The number of imidazole rings is 1. The number of aryl methyl sites for hydroxylation is 1. The van der Waals surface area contributed by atoms with Gasteiger partial charge in [0.25, 0.3) is 0 Å². The van der Waals surface area contributed by atoms with E-state index in [-0.39, 0.29) is 11.8 Å². The summed E-state index contributed by atoms with van der Waals surface area (Å²) in [5.74, 6) is 1.31. The van der Waals surface area contributed by atoms with E-state index in [0.717, 1.165) is 18.2 Å². The highest BCUT2D eigenvalue weighted by molar-refractivity contribution is 7.91. The first-order chi connectivity index (χ1) is 7.52. The summed E-state index contributed by atoms with van der Waals surface area (Å²) >= 11 is 0. The van der Waals surface area contributed by atoms with Gasteiger partial charge in [0.1, 0.15) is 0 Å². The predicted octanol–water partition coefficient (Wildman–Crippen LogP) is 0.983. The number of rotatable bonds is 3. The van der Waals surface area contributed by atoms with Crippen LogP contribution >= 0.6 is 0 Å². The number of aromatic nitrogens is 2. The maximum Gasteiger partial charge on any atom is 0.203 e. The van der Waals surface area contributed by atoms with Crippen molar-refractivity contribution in [2.75, 3.05) is 23.4 Å². The van der Waals surface area contributed by atoms with E-state index in [1.165, 1.54) is 0 Å². The molecule has 16 heavy (non-hydrogen) atoms. The van der Waals surface area contributed by atoms with Crippen LogP contribution in [0.15, 0.2) is 6.20 Å². The molecular formula is C10H17N3O2S. The van der Waals surface area contributed by atoms with Crippen LogP contribution in [0.25, 0.3) is 0 Å². The molecule has 1 N–H and O–H groups in total. The summed E-state index contributed by atoms with van der Waals surface area (Å²) in [6.07, 6.45) is 2.61. The topological polar surface area (TPSA) is 64.0 Å². The van der Waals surface area contributed by atoms with Crippen molar-refractivity contribution in [3.8, 4) is 0 Å². The highest BCUT2D eigenvalue weighted by Gasteiger charge is 2.30. The molecule has 0 spiro atoms. The number of hydrogen-bond donors (Lipinski definition) is 1. The van der Waals surface area contributed by atoms with Crippen LogP contribution in [-0.4, -0.2) is 36.0 Å². The van der Waals surface area contributed by atoms with Crippen LogP contribution in [0.3, 0.4) is 0 Å². The Morgan fingerprint density at radius 3 is 2.94 bits per heavy atom. The second-order valence-corrected chi connectivity index (χ2v) is 6.43.